The predicted molar refractivity (Wildman–Crippen MR) is 54.8 cm³/mol. The first-order chi connectivity index (χ1) is 5.84. The third-order valence-corrected chi connectivity index (χ3v) is 1.84. The number of hydrazine groups is 1. The molecule has 0 radical (unpaired) electrons. The van der Waals surface area contributed by atoms with Gasteiger partial charge in [-0.1, -0.05) is 26.8 Å². The predicted octanol–water partition coefficient (Wildman–Crippen LogP) is 1.92. The van der Waals surface area contributed by atoms with Crippen molar-refractivity contribution in [2.45, 2.75) is 34.6 Å². The maximum absolute atomic E-state index is 11.8. The number of allylic oxidation sites excluding steroid dienone is 2. The molecule has 0 aromatic heterocycles. The van der Waals surface area contributed by atoms with Crippen LogP contribution < -0.4 is 5.43 Å². The molecule has 1 N–H and O–H groups in total. The summed E-state index contributed by atoms with van der Waals surface area (Å²) in [5.41, 5.74) is 3.44. The van der Waals surface area contributed by atoms with Gasteiger partial charge in [0, 0.05) is 18.2 Å². The Bertz CT molecular complexity index is 213. The van der Waals surface area contributed by atoms with Crippen LogP contribution in [0.25, 0.3) is 0 Å². The number of nitrogens with one attached hydrogen (secondary N) is 1. The molecule has 76 valence electrons. The monoisotopic (exact) mass is 184 g/mol. The molecule has 1 amide bonds. The smallest absolute Gasteiger partial charge is 0.246 e. The summed E-state index contributed by atoms with van der Waals surface area (Å²) in [6.45, 7) is 9.53. The molecule has 0 atom stereocenters. The Morgan fingerprint density at radius 1 is 1.38 bits per heavy atom. The molecule has 0 aliphatic carbocycles. The molecule has 0 saturated heterocycles. The number of amides is 1. The highest BCUT2D eigenvalue weighted by Gasteiger charge is 2.27. The molecule has 0 aliphatic rings. The SMILES string of the molecule is C/C=C(\C)N(NC)C(=O)C(C)(C)C. The average molecular weight is 184 g/mol. The summed E-state index contributed by atoms with van der Waals surface area (Å²) in [7, 11) is 1.75. The second-order valence-corrected chi connectivity index (χ2v) is 4.04. The molecule has 0 aliphatic heterocycles. The first-order valence-electron chi connectivity index (χ1n) is 4.49. The van der Waals surface area contributed by atoms with Crippen molar-refractivity contribution in [3.05, 3.63) is 11.8 Å². The van der Waals surface area contributed by atoms with Crippen molar-refractivity contribution in [3.8, 4) is 0 Å². The van der Waals surface area contributed by atoms with Gasteiger partial charge in [0.05, 0.1) is 0 Å². The lowest BCUT2D eigenvalue weighted by molar-refractivity contribution is -0.139. The zero-order valence-electron chi connectivity index (χ0n) is 9.43. The van der Waals surface area contributed by atoms with Crippen LogP contribution in [0.2, 0.25) is 0 Å². The maximum atomic E-state index is 11.8. The van der Waals surface area contributed by atoms with E-state index in [0.29, 0.717) is 0 Å². The van der Waals surface area contributed by atoms with E-state index in [9.17, 15) is 4.79 Å². The van der Waals surface area contributed by atoms with E-state index in [2.05, 4.69) is 5.43 Å². The van der Waals surface area contributed by atoms with Crippen molar-refractivity contribution in [3.63, 3.8) is 0 Å². The molecule has 3 nitrogen and oxygen atoms in total. The van der Waals surface area contributed by atoms with Crippen LogP contribution >= 0.6 is 0 Å². The van der Waals surface area contributed by atoms with E-state index in [1.54, 1.807) is 12.1 Å². The molecule has 0 spiro atoms. The van der Waals surface area contributed by atoms with Crippen molar-refractivity contribution in [2.24, 2.45) is 5.41 Å². The molecule has 0 saturated carbocycles. The van der Waals surface area contributed by atoms with Gasteiger partial charge in [-0.15, -0.1) is 0 Å². The van der Waals surface area contributed by atoms with Gasteiger partial charge in [0.1, 0.15) is 0 Å². The molecule has 0 aromatic carbocycles. The molecular formula is C10H20N2O. The zero-order valence-corrected chi connectivity index (χ0v) is 9.43. The van der Waals surface area contributed by atoms with Crippen molar-refractivity contribution >= 4 is 5.91 Å². The second-order valence-electron chi connectivity index (χ2n) is 4.04. The van der Waals surface area contributed by atoms with E-state index in [1.807, 2.05) is 40.7 Å². The van der Waals surface area contributed by atoms with Crippen LogP contribution in [0.4, 0.5) is 0 Å². The van der Waals surface area contributed by atoms with Gasteiger partial charge in [-0.25, -0.2) is 5.43 Å². The second kappa shape index (κ2) is 4.42. The van der Waals surface area contributed by atoms with Crippen LogP contribution in [0.15, 0.2) is 11.8 Å². The fourth-order valence-electron chi connectivity index (χ4n) is 0.903. The summed E-state index contributed by atoms with van der Waals surface area (Å²) in [4.78, 5) is 11.8. The topological polar surface area (TPSA) is 32.3 Å². The lowest BCUT2D eigenvalue weighted by Crippen LogP contribution is -2.45. The first kappa shape index (κ1) is 12.2. The number of hydrogen-bond acceptors (Lipinski definition) is 2. The summed E-state index contributed by atoms with van der Waals surface area (Å²) in [6.07, 6.45) is 1.90. The minimum absolute atomic E-state index is 0.0746. The molecule has 0 rings (SSSR count). The van der Waals surface area contributed by atoms with Gasteiger partial charge in [0.15, 0.2) is 0 Å². The van der Waals surface area contributed by atoms with Crippen LogP contribution in [0.1, 0.15) is 34.6 Å². The molecular weight excluding hydrogens is 164 g/mol. The molecule has 0 aromatic rings. The average Bonchev–Trinajstić information content (AvgIpc) is 2.03. The fraction of sp³-hybridized carbons (Fsp3) is 0.700. The Morgan fingerprint density at radius 3 is 2.08 bits per heavy atom. The summed E-state index contributed by atoms with van der Waals surface area (Å²) >= 11 is 0. The molecule has 0 bridgehead atoms. The quantitative estimate of drug-likeness (QED) is 0.665. The summed E-state index contributed by atoms with van der Waals surface area (Å²) in [6, 6.07) is 0. The van der Waals surface area contributed by atoms with Gasteiger partial charge in [-0.3, -0.25) is 9.80 Å². The van der Waals surface area contributed by atoms with E-state index in [0.717, 1.165) is 5.70 Å². The Labute approximate surface area is 80.8 Å². The van der Waals surface area contributed by atoms with Gasteiger partial charge in [0.2, 0.25) is 5.91 Å². The van der Waals surface area contributed by atoms with Crippen molar-refractivity contribution in [1.29, 1.82) is 0 Å². The van der Waals surface area contributed by atoms with Crippen LogP contribution in [0, 0.1) is 5.41 Å². The van der Waals surface area contributed by atoms with Gasteiger partial charge >= 0.3 is 0 Å². The minimum atomic E-state index is -0.354. The number of nitrogens with zero attached hydrogens (tertiary/aromatic N) is 1. The normalized spacial score (nSPS) is 12.9. The van der Waals surface area contributed by atoms with Gasteiger partial charge in [-0.05, 0) is 13.8 Å². The molecule has 13 heavy (non-hydrogen) atoms. The van der Waals surface area contributed by atoms with Gasteiger partial charge < -0.3 is 0 Å². The van der Waals surface area contributed by atoms with Gasteiger partial charge in [0.25, 0.3) is 0 Å². The number of carbonyl (C=O) groups is 1. The Hall–Kier alpha value is -0.830. The number of rotatable bonds is 2. The maximum Gasteiger partial charge on any atom is 0.246 e. The Balaban J connectivity index is 4.71. The van der Waals surface area contributed by atoms with Crippen molar-refractivity contribution < 1.29 is 4.79 Å². The zero-order chi connectivity index (χ0) is 10.6. The first-order valence-corrected chi connectivity index (χ1v) is 4.49. The van der Waals surface area contributed by atoms with Crippen LogP contribution in [-0.2, 0) is 4.79 Å². The highest BCUT2D eigenvalue weighted by atomic mass is 16.2. The minimum Gasteiger partial charge on any atom is -0.272 e. The van der Waals surface area contributed by atoms with Crippen LogP contribution in [-0.4, -0.2) is 18.0 Å². The highest BCUT2D eigenvalue weighted by Crippen LogP contribution is 2.18. The lowest BCUT2D eigenvalue weighted by atomic mass is 9.95. The Kier molecular flexibility index (Phi) is 4.14. The van der Waals surface area contributed by atoms with Crippen LogP contribution in [0.5, 0.6) is 0 Å². The van der Waals surface area contributed by atoms with Gasteiger partial charge in [-0.2, -0.15) is 0 Å². The van der Waals surface area contributed by atoms with E-state index in [4.69, 9.17) is 0 Å². The van der Waals surface area contributed by atoms with E-state index < -0.39 is 0 Å². The Morgan fingerprint density at radius 2 is 1.85 bits per heavy atom. The van der Waals surface area contributed by atoms with Crippen molar-refractivity contribution in [2.75, 3.05) is 7.05 Å². The lowest BCUT2D eigenvalue weighted by Gasteiger charge is -2.28. The van der Waals surface area contributed by atoms with E-state index in [1.165, 1.54) is 0 Å². The molecule has 0 unspecified atom stereocenters. The van der Waals surface area contributed by atoms with E-state index >= 15 is 0 Å². The number of hydrogen-bond donors (Lipinski definition) is 1. The summed E-state index contributed by atoms with van der Waals surface area (Å²) in [5.74, 6) is 0.0746. The molecule has 3 heteroatoms. The fourth-order valence-corrected chi connectivity index (χ4v) is 0.903. The number of carbonyl (C=O) groups excluding carboxylic acids is 1. The largest absolute Gasteiger partial charge is 0.272 e. The van der Waals surface area contributed by atoms with Crippen LogP contribution in [0.3, 0.4) is 0 Å². The third kappa shape index (κ3) is 3.19. The summed E-state index contributed by atoms with van der Waals surface area (Å²) in [5, 5.41) is 1.57. The summed E-state index contributed by atoms with van der Waals surface area (Å²) < 4.78 is 0. The standard InChI is InChI=1S/C10H20N2O/c1-7-8(2)12(11-6)9(13)10(3,4)5/h7,11H,1-6H3/b8-7+. The van der Waals surface area contributed by atoms with Crippen molar-refractivity contribution in [1.82, 2.24) is 10.4 Å². The van der Waals surface area contributed by atoms with E-state index in [-0.39, 0.29) is 11.3 Å². The molecule has 0 heterocycles. The third-order valence-electron chi connectivity index (χ3n) is 1.84. The molecule has 0 fully saturated rings. The highest BCUT2D eigenvalue weighted by molar-refractivity contribution is 5.82.